The van der Waals surface area contributed by atoms with Crippen LogP contribution in [0, 0.1) is 0 Å². The molecular weight excluding hydrogens is 94.1 g/mol. The standard InChI is InChI=1S/C2H7N5/c3-6-2-1-5-7(6)4/h1-2,5H,3-4H2. The number of hydrazine groups is 4. The first kappa shape index (κ1) is 4.38. The van der Waals surface area contributed by atoms with Gasteiger partial charge >= 0.3 is 0 Å². The SMILES string of the molecule is NN1C=CNN1N. The van der Waals surface area contributed by atoms with Gasteiger partial charge in [0.15, 0.2) is 0 Å². The quantitative estimate of drug-likeness (QED) is 0.315. The summed E-state index contributed by atoms with van der Waals surface area (Å²) < 4.78 is 0. The van der Waals surface area contributed by atoms with Gasteiger partial charge in [-0.15, -0.1) is 0 Å². The van der Waals surface area contributed by atoms with E-state index in [1.165, 1.54) is 5.12 Å². The van der Waals surface area contributed by atoms with Crippen molar-refractivity contribution in [2.45, 2.75) is 0 Å². The van der Waals surface area contributed by atoms with E-state index in [0.717, 1.165) is 5.23 Å². The third kappa shape index (κ3) is 0.637. The Bertz CT molecular complexity index is 88.1. The molecule has 1 rings (SSSR count). The molecule has 1 aliphatic heterocycles. The summed E-state index contributed by atoms with van der Waals surface area (Å²) in [6, 6.07) is 0. The van der Waals surface area contributed by atoms with E-state index in [-0.39, 0.29) is 0 Å². The van der Waals surface area contributed by atoms with Crippen molar-refractivity contribution < 1.29 is 0 Å². The van der Waals surface area contributed by atoms with Crippen molar-refractivity contribution in [3.05, 3.63) is 12.4 Å². The molecule has 1 aliphatic rings. The van der Waals surface area contributed by atoms with Gasteiger partial charge in [-0.2, -0.15) is 0 Å². The molecule has 0 fully saturated rings. The zero-order valence-corrected chi connectivity index (χ0v) is 3.70. The molecule has 0 aromatic rings. The molecule has 5 heteroatoms. The van der Waals surface area contributed by atoms with Crippen LogP contribution in [0.5, 0.6) is 0 Å². The van der Waals surface area contributed by atoms with Crippen LogP contribution in [-0.2, 0) is 0 Å². The number of hydrogen-bond acceptors (Lipinski definition) is 5. The van der Waals surface area contributed by atoms with Crippen molar-refractivity contribution in [1.29, 1.82) is 0 Å². The maximum Gasteiger partial charge on any atom is 0.0546 e. The number of nitrogens with zero attached hydrogens (tertiary/aromatic N) is 2. The summed E-state index contributed by atoms with van der Waals surface area (Å²) in [5, 5.41) is 2.38. The van der Waals surface area contributed by atoms with Crippen LogP contribution in [0.15, 0.2) is 12.4 Å². The van der Waals surface area contributed by atoms with E-state index in [1.54, 1.807) is 12.4 Å². The maximum atomic E-state index is 5.16. The van der Waals surface area contributed by atoms with Crippen LogP contribution >= 0.6 is 0 Å². The minimum Gasteiger partial charge on any atom is -0.292 e. The second-order valence-corrected chi connectivity index (χ2v) is 1.17. The highest BCUT2D eigenvalue weighted by Crippen LogP contribution is 1.85. The fourth-order valence-corrected chi connectivity index (χ4v) is 0.325. The predicted molar refractivity (Wildman–Crippen MR) is 24.3 cm³/mol. The summed E-state index contributed by atoms with van der Waals surface area (Å²) in [7, 11) is 0. The second kappa shape index (κ2) is 1.38. The Morgan fingerprint density at radius 3 is 2.29 bits per heavy atom. The molecule has 0 spiro atoms. The van der Waals surface area contributed by atoms with E-state index in [0.29, 0.717) is 0 Å². The van der Waals surface area contributed by atoms with Crippen LogP contribution in [0.2, 0.25) is 0 Å². The van der Waals surface area contributed by atoms with Gasteiger partial charge in [-0.25, -0.2) is 16.8 Å². The van der Waals surface area contributed by atoms with E-state index in [9.17, 15) is 0 Å². The third-order valence-corrected chi connectivity index (χ3v) is 0.683. The van der Waals surface area contributed by atoms with Crippen molar-refractivity contribution >= 4 is 0 Å². The molecule has 0 aliphatic carbocycles. The Labute approximate surface area is 41.0 Å². The van der Waals surface area contributed by atoms with Crippen LogP contribution in [-0.4, -0.2) is 10.3 Å². The van der Waals surface area contributed by atoms with Crippen molar-refractivity contribution in [3.63, 3.8) is 0 Å². The molecule has 0 unspecified atom stereocenters. The Kier molecular flexibility index (Phi) is 0.861. The van der Waals surface area contributed by atoms with Gasteiger partial charge in [0.25, 0.3) is 0 Å². The predicted octanol–water partition coefficient (Wildman–Crippen LogP) is -1.76. The lowest BCUT2D eigenvalue weighted by Gasteiger charge is -2.16. The number of nitrogens with one attached hydrogen (secondary N) is 1. The van der Waals surface area contributed by atoms with Crippen molar-refractivity contribution in [2.75, 3.05) is 0 Å². The van der Waals surface area contributed by atoms with Gasteiger partial charge in [0.2, 0.25) is 0 Å². The molecule has 7 heavy (non-hydrogen) atoms. The van der Waals surface area contributed by atoms with Crippen molar-refractivity contribution in [2.24, 2.45) is 11.7 Å². The number of nitrogens with two attached hydrogens (primary N) is 2. The zero-order valence-electron chi connectivity index (χ0n) is 3.70. The smallest absolute Gasteiger partial charge is 0.0546 e. The van der Waals surface area contributed by atoms with Crippen LogP contribution in [0.1, 0.15) is 0 Å². The van der Waals surface area contributed by atoms with Crippen LogP contribution < -0.4 is 17.1 Å². The van der Waals surface area contributed by atoms with Crippen molar-refractivity contribution in [1.82, 2.24) is 15.8 Å². The van der Waals surface area contributed by atoms with E-state index >= 15 is 0 Å². The summed E-state index contributed by atoms with van der Waals surface area (Å²) >= 11 is 0. The maximum absolute atomic E-state index is 5.16. The Balaban J connectivity index is 2.45. The molecule has 0 radical (unpaired) electrons. The summed E-state index contributed by atoms with van der Waals surface area (Å²) in [6.07, 6.45) is 3.22. The fraction of sp³-hybridized carbons (Fsp3) is 0. The first-order valence-corrected chi connectivity index (χ1v) is 1.82. The fourth-order valence-electron chi connectivity index (χ4n) is 0.325. The highest BCUT2D eigenvalue weighted by molar-refractivity contribution is 4.78. The summed E-state index contributed by atoms with van der Waals surface area (Å²) in [6.45, 7) is 0. The minimum atomic E-state index is 1.15. The summed E-state index contributed by atoms with van der Waals surface area (Å²) in [5.74, 6) is 10.3. The lowest BCUT2D eigenvalue weighted by atomic mass is 11.0. The first-order chi connectivity index (χ1) is 3.30. The Morgan fingerprint density at radius 2 is 2.14 bits per heavy atom. The molecule has 1 heterocycles. The highest BCUT2D eigenvalue weighted by Gasteiger charge is 2.03. The van der Waals surface area contributed by atoms with Gasteiger partial charge in [-0.1, -0.05) is 5.23 Å². The lowest BCUT2D eigenvalue weighted by molar-refractivity contribution is 0.00527. The molecule has 0 saturated carbocycles. The molecule has 0 aromatic heterocycles. The molecule has 5 nitrogen and oxygen atoms in total. The average Bonchev–Trinajstić information content (AvgIpc) is 1.91. The first-order valence-electron chi connectivity index (χ1n) is 1.82. The number of hydrogen-bond donors (Lipinski definition) is 3. The van der Waals surface area contributed by atoms with Gasteiger partial charge in [-0.05, 0) is 0 Å². The molecule has 5 N–H and O–H groups in total. The molecule has 0 saturated heterocycles. The minimum absolute atomic E-state index is 1.15. The van der Waals surface area contributed by atoms with Gasteiger partial charge in [0, 0.05) is 6.20 Å². The zero-order chi connectivity index (χ0) is 5.28. The topological polar surface area (TPSA) is 70.5 Å². The van der Waals surface area contributed by atoms with Crippen LogP contribution in [0.25, 0.3) is 0 Å². The van der Waals surface area contributed by atoms with Gasteiger partial charge in [0.05, 0.1) is 6.20 Å². The summed E-state index contributed by atoms with van der Waals surface area (Å²) in [5.41, 5.74) is 2.60. The van der Waals surface area contributed by atoms with E-state index in [4.69, 9.17) is 11.7 Å². The largest absolute Gasteiger partial charge is 0.292 e. The van der Waals surface area contributed by atoms with Crippen molar-refractivity contribution in [3.8, 4) is 0 Å². The normalized spacial score (nSPS) is 20.6. The van der Waals surface area contributed by atoms with Gasteiger partial charge < -0.3 is 0 Å². The van der Waals surface area contributed by atoms with Gasteiger partial charge in [-0.3, -0.25) is 5.43 Å². The average molecular weight is 101 g/mol. The second-order valence-electron chi connectivity index (χ2n) is 1.17. The molecule has 40 valence electrons. The van der Waals surface area contributed by atoms with Crippen LogP contribution in [0.4, 0.5) is 0 Å². The molecule has 0 aromatic carbocycles. The molecule has 0 atom stereocenters. The number of rotatable bonds is 0. The van der Waals surface area contributed by atoms with E-state index in [2.05, 4.69) is 5.43 Å². The highest BCUT2D eigenvalue weighted by atomic mass is 16.0. The van der Waals surface area contributed by atoms with E-state index in [1.807, 2.05) is 0 Å². The lowest BCUT2D eigenvalue weighted by Crippen LogP contribution is -2.50. The Hall–Kier alpha value is -0.780. The molecule has 0 bridgehead atoms. The summed E-state index contributed by atoms with van der Waals surface area (Å²) in [4.78, 5) is 0. The van der Waals surface area contributed by atoms with Gasteiger partial charge in [0.1, 0.15) is 0 Å². The molecular formula is C2H7N5. The molecule has 0 amide bonds. The third-order valence-electron chi connectivity index (χ3n) is 0.683. The Morgan fingerprint density at radius 1 is 1.43 bits per heavy atom. The van der Waals surface area contributed by atoms with E-state index < -0.39 is 0 Å². The monoisotopic (exact) mass is 101 g/mol. The van der Waals surface area contributed by atoms with Crippen LogP contribution in [0.3, 0.4) is 0 Å².